The molecule has 5 nitrogen and oxygen atoms in total. The van der Waals surface area contributed by atoms with Gasteiger partial charge >= 0.3 is 0 Å². The second-order valence-corrected chi connectivity index (χ2v) is 13.8. The third-order valence-corrected chi connectivity index (χ3v) is 10.6. The number of hydrogen-bond donors (Lipinski definition) is 0. The van der Waals surface area contributed by atoms with Gasteiger partial charge in [0.15, 0.2) is 17.5 Å². The Bertz CT molecular complexity index is 3260. The Hall–Kier alpha value is -7.50. The van der Waals surface area contributed by atoms with Crippen LogP contribution >= 0.6 is 0 Å². The van der Waals surface area contributed by atoms with E-state index in [-0.39, 0.29) is 0 Å². The van der Waals surface area contributed by atoms with Crippen LogP contribution < -0.4 is 0 Å². The van der Waals surface area contributed by atoms with Crippen LogP contribution in [-0.2, 0) is 0 Å². The van der Waals surface area contributed by atoms with E-state index in [1.54, 1.807) is 0 Å². The monoisotopic (exact) mass is 702 g/mol. The lowest BCUT2D eigenvalue weighted by molar-refractivity contribution is 0.669. The molecule has 0 aliphatic carbocycles. The van der Waals surface area contributed by atoms with Gasteiger partial charge in [-0.3, -0.25) is 4.98 Å². The fourth-order valence-electron chi connectivity index (χ4n) is 7.99. The second-order valence-electron chi connectivity index (χ2n) is 13.8. The quantitative estimate of drug-likeness (QED) is 0.167. The Morgan fingerprint density at radius 2 is 1.00 bits per heavy atom. The summed E-state index contributed by atoms with van der Waals surface area (Å²) in [5.74, 6) is 1.85. The molecule has 3 heterocycles. The van der Waals surface area contributed by atoms with Crippen molar-refractivity contribution in [3.8, 4) is 56.4 Å². The predicted molar refractivity (Wildman–Crippen MR) is 225 cm³/mol. The molecule has 0 amide bonds. The normalized spacial score (nSPS) is 11.6. The maximum atomic E-state index is 6.22. The molecule has 3 aromatic heterocycles. The zero-order chi connectivity index (χ0) is 36.3. The Balaban J connectivity index is 1.05. The third kappa shape index (κ3) is 5.24. The molecule has 0 spiro atoms. The molecule has 8 aromatic carbocycles. The molecule has 256 valence electrons. The van der Waals surface area contributed by atoms with Crippen molar-refractivity contribution in [2.45, 2.75) is 0 Å². The zero-order valence-electron chi connectivity index (χ0n) is 29.5. The molecule has 11 rings (SSSR count). The van der Waals surface area contributed by atoms with Crippen LogP contribution in [0.2, 0.25) is 0 Å². The summed E-state index contributed by atoms with van der Waals surface area (Å²) in [5, 5.41) is 9.34. The van der Waals surface area contributed by atoms with Gasteiger partial charge in [0.1, 0.15) is 11.2 Å². The standard InChI is InChI=1S/C50H30N4O/c1-2-11-33(12-3-1)48-52-49(54-50(53-48)37-14-8-13-35(28-37)39-17-9-19-45-47(39)41-16-6-7-18-44(41)55-45)34-22-20-32(21-23-34)42-29-36-26-27-51-30-43(36)40-25-24-31-10-4-5-15-38(31)46(40)42/h1-30H. The molecule has 0 aliphatic heterocycles. The van der Waals surface area contributed by atoms with Crippen LogP contribution in [0.1, 0.15) is 0 Å². The fraction of sp³-hybridized carbons (Fsp3) is 0. The van der Waals surface area contributed by atoms with Crippen LogP contribution in [0.5, 0.6) is 0 Å². The molecule has 0 saturated carbocycles. The zero-order valence-corrected chi connectivity index (χ0v) is 29.5. The molecule has 0 unspecified atom stereocenters. The lowest BCUT2D eigenvalue weighted by Gasteiger charge is -2.14. The lowest BCUT2D eigenvalue weighted by atomic mass is 9.90. The smallest absolute Gasteiger partial charge is 0.164 e. The summed E-state index contributed by atoms with van der Waals surface area (Å²) in [4.78, 5) is 19.7. The first kappa shape index (κ1) is 31.1. The predicted octanol–water partition coefficient (Wildman–Crippen LogP) is 13.0. The van der Waals surface area contributed by atoms with Crippen molar-refractivity contribution in [2.24, 2.45) is 0 Å². The highest BCUT2D eigenvalue weighted by Crippen LogP contribution is 2.40. The summed E-state index contributed by atoms with van der Waals surface area (Å²) >= 11 is 0. The Labute approximate surface area is 316 Å². The van der Waals surface area contributed by atoms with E-state index in [1.165, 1.54) is 27.1 Å². The number of hydrogen-bond acceptors (Lipinski definition) is 5. The van der Waals surface area contributed by atoms with Gasteiger partial charge in [0.25, 0.3) is 0 Å². The summed E-state index contributed by atoms with van der Waals surface area (Å²) in [5.41, 5.74) is 8.95. The van der Waals surface area contributed by atoms with Crippen LogP contribution in [0.15, 0.2) is 187 Å². The molecular weight excluding hydrogens is 673 g/mol. The SMILES string of the molecule is c1ccc(-c2nc(-c3ccc(-c4cc5ccncc5c5ccc6ccccc6c45)cc3)nc(-c3cccc(-c4cccc5oc6ccccc6c45)c3)n2)cc1. The minimum atomic E-state index is 0.611. The summed E-state index contributed by atoms with van der Waals surface area (Å²) in [6, 6.07) is 59.0. The van der Waals surface area contributed by atoms with Crippen LogP contribution in [0.25, 0.3) is 111 Å². The van der Waals surface area contributed by atoms with Gasteiger partial charge in [-0.05, 0) is 79.5 Å². The highest BCUT2D eigenvalue weighted by atomic mass is 16.3. The topological polar surface area (TPSA) is 64.7 Å². The van der Waals surface area contributed by atoms with Gasteiger partial charge in [-0.1, -0.05) is 140 Å². The van der Waals surface area contributed by atoms with Gasteiger partial charge in [-0.15, -0.1) is 0 Å². The number of pyridine rings is 1. The van der Waals surface area contributed by atoms with Gasteiger partial charge in [0.05, 0.1) is 0 Å². The molecule has 0 N–H and O–H groups in total. The van der Waals surface area contributed by atoms with Gasteiger partial charge in [0.2, 0.25) is 0 Å². The summed E-state index contributed by atoms with van der Waals surface area (Å²) in [6.07, 6.45) is 3.83. The molecule has 0 bridgehead atoms. The maximum absolute atomic E-state index is 6.22. The van der Waals surface area contributed by atoms with E-state index < -0.39 is 0 Å². The van der Waals surface area contributed by atoms with Crippen molar-refractivity contribution in [1.82, 2.24) is 19.9 Å². The van der Waals surface area contributed by atoms with Gasteiger partial charge in [-0.25, -0.2) is 15.0 Å². The summed E-state index contributed by atoms with van der Waals surface area (Å²) in [7, 11) is 0. The van der Waals surface area contributed by atoms with Crippen molar-refractivity contribution in [1.29, 1.82) is 0 Å². The average Bonchev–Trinajstić information content (AvgIpc) is 3.65. The van der Waals surface area contributed by atoms with E-state index in [1.807, 2.05) is 67.0 Å². The molecule has 11 aromatic rings. The van der Waals surface area contributed by atoms with E-state index in [0.29, 0.717) is 17.5 Å². The fourth-order valence-corrected chi connectivity index (χ4v) is 7.99. The number of furan rings is 1. The average molecular weight is 703 g/mol. The van der Waals surface area contributed by atoms with E-state index in [4.69, 9.17) is 19.4 Å². The van der Waals surface area contributed by atoms with Crippen LogP contribution in [0.3, 0.4) is 0 Å². The number of rotatable bonds is 5. The summed E-state index contributed by atoms with van der Waals surface area (Å²) < 4.78 is 6.22. The minimum Gasteiger partial charge on any atom is -0.456 e. The first-order valence-electron chi connectivity index (χ1n) is 18.4. The number of nitrogens with zero attached hydrogens (tertiary/aromatic N) is 4. The second kappa shape index (κ2) is 12.6. The molecule has 0 radical (unpaired) electrons. The third-order valence-electron chi connectivity index (χ3n) is 10.6. The molecule has 5 heteroatoms. The number of fused-ring (bicyclic) bond motifs is 8. The minimum absolute atomic E-state index is 0.611. The van der Waals surface area contributed by atoms with Crippen LogP contribution in [0, 0.1) is 0 Å². The van der Waals surface area contributed by atoms with Crippen molar-refractivity contribution >= 4 is 54.3 Å². The van der Waals surface area contributed by atoms with Crippen molar-refractivity contribution in [2.75, 3.05) is 0 Å². The number of para-hydroxylation sites is 1. The highest BCUT2D eigenvalue weighted by molar-refractivity contribution is 6.22. The Morgan fingerprint density at radius 1 is 0.345 bits per heavy atom. The Kier molecular flexibility index (Phi) is 7.10. The summed E-state index contributed by atoms with van der Waals surface area (Å²) in [6.45, 7) is 0. The molecule has 55 heavy (non-hydrogen) atoms. The largest absolute Gasteiger partial charge is 0.456 e. The lowest BCUT2D eigenvalue weighted by Crippen LogP contribution is -2.00. The number of benzene rings is 8. The van der Waals surface area contributed by atoms with Gasteiger partial charge < -0.3 is 4.42 Å². The van der Waals surface area contributed by atoms with E-state index in [9.17, 15) is 0 Å². The molecular formula is C50H30N4O. The Morgan fingerprint density at radius 3 is 1.85 bits per heavy atom. The maximum Gasteiger partial charge on any atom is 0.164 e. The molecule has 0 saturated heterocycles. The van der Waals surface area contributed by atoms with Crippen molar-refractivity contribution < 1.29 is 4.42 Å². The van der Waals surface area contributed by atoms with Crippen molar-refractivity contribution in [3.05, 3.63) is 182 Å². The van der Waals surface area contributed by atoms with Gasteiger partial charge in [-0.2, -0.15) is 0 Å². The molecule has 0 aliphatic rings. The highest BCUT2D eigenvalue weighted by Gasteiger charge is 2.17. The van der Waals surface area contributed by atoms with Crippen LogP contribution in [-0.4, -0.2) is 19.9 Å². The van der Waals surface area contributed by atoms with E-state index in [0.717, 1.165) is 66.1 Å². The van der Waals surface area contributed by atoms with Crippen molar-refractivity contribution in [3.63, 3.8) is 0 Å². The van der Waals surface area contributed by atoms with Gasteiger partial charge in [0, 0.05) is 45.2 Å². The van der Waals surface area contributed by atoms with Crippen LogP contribution in [0.4, 0.5) is 0 Å². The molecule has 0 atom stereocenters. The first-order valence-corrected chi connectivity index (χ1v) is 18.4. The van der Waals surface area contributed by atoms with E-state index >= 15 is 0 Å². The van der Waals surface area contributed by atoms with E-state index in [2.05, 4.69) is 120 Å². The first-order chi connectivity index (χ1) is 27.2. The molecule has 0 fully saturated rings. The number of aromatic nitrogens is 4.